The number of nitrogens with one attached hydrogen (secondary N) is 1. The monoisotopic (exact) mass is 257 g/mol. The Labute approximate surface area is 108 Å². The molecule has 0 aliphatic heterocycles. The van der Waals surface area contributed by atoms with Gasteiger partial charge in [-0.15, -0.1) is 0 Å². The quantitative estimate of drug-likeness (QED) is 0.740. The van der Waals surface area contributed by atoms with E-state index in [1.807, 2.05) is 6.92 Å². The predicted octanol–water partition coefficient (Wildman–Crippen LogP) is 2.50. The molecule has 3 N–H and O–H groups in total. The molecule has 2 aromatic heterocycles. The number of aromatic nitrogens is 3. The smallest absolute Gasteiger partial charge is 0.180 e. The number of nitrogen functional groups attached to an aromatic ring is 1. The molecule has 96 valence electrons. The van der Waals surface area contributed by atoms with Crippen LogP contribution in [0.2, 0.25) is 0 Å². The molecule has 6 heteroatoms. The molecule has 0 bridgehead atoms. The van der Waals surface area contributed by atoms with E-state index in [9.17, 15) is 4.39 Å². The Hall–Kier alpha value is -2.63. The van der Waals surface area contributed by atoms with Crippen molar-refractivity contribution in [1.82, 2.24) is 14.4 Å². The molecule has 3 aromatic rings. The molecule has 0 spiro atoms. The van der Waals surface area contributed by atoms with Gasteiger partial charge in [-0.25, -0.2) is 14.4 Å². The SMILES string of the molecule is Cc1ccc(F)cc1Nc1nc(N)cn2ccnc12. The zero-order chi connectivity index (χ0) is 13.4. The molecule has 1 aromatic carbocycles. The van der Waals surface area contributed by atoms with Gasteiger partial charge < -0.3 is 15.5 Å². The van der Waals surface area contributed by atoms with Crippen LogP contribution in [0.3, 0.4) is 0 Å². The Bertz CT molecular complexity index is 750. The molecule has 2 heterocycles. The van der Waals surface area contributed by atoms with E-state index >= 15 is 0 Å². The van der Waals surface area contributed by atoms with Crippen LogP contribution in [-0.4, -0.2) is 14.4 Å². The Morgan fingerprint density at radius 2 is 2.21 bits per heavy atom. The summed E-state index contributed by atoms with van der Waals surface area (Å²) in [7, 11) is 0. The summed E-state index contributed by atoms with van der Waals surface area (Å²) in [6, 6.07) is 4.53. The molecule has 0 aliphatic rings. The van der Waals surface area contributed by atoms with E-state index < -0.39 is 0 Å². The predicted molar refractivity (Wildman–Crippen MR) is 71.8 cm³/mol. The zero-order valence-electron chi connectivity index (χ0n) is 10.3. The van der Waals surface area contributed by atoms with Gasteiger partial charge in [0.25, 0.3) is 0 Å². The number of fused-ring (bicyclic) bond motifs is 1. The standard InChI is InChI=1S/C13H12FN5/c1-8-2-3-9(14)6-10(8)17-12-13-16-4-5-19(13)7-11(15)18-12/h2-7H,15H2,1H3,(H,17,18). The van der Waals surface area contributed by atoms with Crippen molar-refractivity contribution >= 4 is 23.0 Å². The van der Waals surface area contributed by atoms with Crippen LogP contribution in [0.5, 0.6) is 0 Å². The molecule has 0 aliphatic carbocycles. The van der Waals surface area contributed by atoms with E-state index in [1.165, 1.54) is 12.1 Å². The van der Waals surface area contributed by atoms with Crippen molar-refractivity contribution in [1.29, 1.82) is 0 Å². The molecular weight excluding hydrogens is 245 g/mol. The van der Waals surface area contributed by atoms with Crippen LogP contribution < -0.4 is 11.1 Å². The first-order valence-electron chi connectivity index (χ1n) is 5.76. The van der Waals surface area contributed by atoms with E-state index in [0.29, 0.717) is 23.0 Å². The summed E-state index contributed by atoms with van der Waals surface area (Å²) < 4.78 is 15.0. The average molecular weight is 257 g/mol. The Morgan fingerprint density at radius 3 is 3.05 bits per heavy atom. The first kappa shape index (κ1) is 11.5. The molecule has 19 heavy (non-hydrogen) atoms. The number of hydrogen-bond acceptors (Lipinski definition) is 4. The second kappa shape index (κ2) is 4.24. The third-order valence-electron chi connectivity index (χ3n) is 2.85. The maximum atomic E-state index is 13.3. The van der Waals surface area contributed by atoms with Crippen molar-refractivity contribution in [3.05, 3.63) is 48.2 Å². The van der Waals surface area contributed by atoms with Crippen LogP contribution in [0.1, 0.15) is 5.56 Å². The van der Waals surface area contributed by atoms with Gasteiger partial charge in [0.05, 0.1) is 6.20 Å². The van der Waals surface area contributed by atoms with Gasteiger partial charge in [0.1, 0.15) is 11.6 Å². The lowest BCUT2D eigenvalue weighted by molar-refractivity contribution is 0.628. The fourth-order valence-electron chi connectivity index (χ4n) is 1.89. The minimum Gasteiger partial charge on any atom is -0.382 e. The lowest BCUT2D eigenvalue weighted by Crippen LogP contribution is -2.03. The summed E-state index contributed by atoms with van der Waals surface area (Å²) in [5.41, 5.74) is 7.92. The average Bonchev–Trinajstić information content (AvgIpc) is 2.82. The Balaban J connectivity index is 2.10. The van der Waals surface area contributed by atoms with Crippen molar-refractivity contribution in [2.75, 3.05) is 11.1 Å². The highest BCUT2D eigenvalue weighted by molar-refractivity contribution is 5.72. The Morgan fingerprint density at radius 1 is 1.37 bits per heavy atom. The third-order valence-corrected chi connectivity index (χ3v) is 2.85. The molecule has 5 nitrogen and oxygen atoms in total. The summed E-state index contributed by atoms with van der Waals surface area (Å²) in [4.78, 5) is 8.40. The van der Waals surface area contributed by atoms with Crippen LogP contribution in [0.15, 0.2) is 36.8 Å². The number of aryl methyl sites for hydroxylation is 1. The fourth-order valence-corrected chi connectivity index (χ4v) is 1.89. The van der Waals surface area contributed by atoms with Crippen LogP contribution >= 0.6 is 0 Å². The second-order valence-corrected chi connectivity index (χ2v) is 4.26. The van der Waals surface area contributed by atoms with Gasteiger partial charge in [-0.3, -0.25) is 0 Å². The van der Waals surface area contributed by atoms with Gasteiger partial charge in [-0.05, 0) is 24.6 Å². The highest BCUT2D eigenvalue weighted by Crippen LogP contribution is 2.23. The van der Waals surface area contributed by atoms with Gasteiger partial charge in [-0.2, -0.15) is 0 Å². The number of halogens is 1. The largest absolute Gasteiger partial charge is 0.382 e. The van der Waals surface area contributed by atoms with E-state index in [0.717, 1.165) is 5.56 Å². The molecule has 0 amide bonds. The molecule has 0 radical (unpaired) electrons. The van der Waals surface area contributed by atoms with Gasteiger partial charge in [-0.1, -0.05) is 6.07 Å². The van der Waals surface area contributed by atoms with Crippen LogP contribution in [0, 0.1) is 12.7 Å². The number of nitrogens with two attached hydrogens (primary N) is 1. The second-order valence-electron chi connectivity index (χ2n) is 4.26. The number of rotatable bonds is 2. The number of anilines is 3. The lowest BCUT2D eigenvalue weighted by atomic mass is 10.2. The maximum Gasteiger partial charge on any atom is 0.180 e. The maximum absolute atomic E-state index is 13.3. The van der Waals surface area contributed by atoms with Gasteiger partial charge in [0, 0.05) is 18.1 Å². The highest BCUT2D eigenvalue weighted by atomic mass is 19.1. The Kier molecular flexibility index (Phi) is 2.56. The molecule has 3 rings (SSSR count). The van der Waals surface area contributed by atoms with Crippen molar-refractivity contribution in [2.45, 2.75) is 6.92 Å². The summed E-state index contributed by atoms with van der Waals surface area (Å²) in [6.07, 6.45) is 5.10. The first-order valence-corrected chi connectivity index (χ1v) is 5.76. The van der Waals surface area contributed by atoms with Crippen molar-refractivity contribution < 1.29 is 4.39 Å². The van der Waals surface area contributed by atoms with Crippen LogP contribution in [0.4, 0.5) is 21.7 Å². The lowest BCUT2D eigenvalue weighted by Gasteiger charge is -2.10. The highest BCUT2D eigenvalue weighted by Gasteiger charge is 2.08. The number of hydrogen-bond donors (Lipinski definition) is 2. The van der Waals surface area contributed by atoms with E-state index in [2.05, 4.69) is 15.3 Å². The van der Waals surface area contributed by atoms with Gasteiger partial charge in [0.15, 0.2) is 11.5 Å². The third kappa shape index (κ3) is 2.08. The summed E-state index contributed by atoms with van der Waals surface area (Å²) >= 11 is 0. The molecular formula is C13H12FN5. The number of benzene rings is 1. The van der Waals surface area contributed by atoms with Crippen LogP contribution in [0.25, 0.3) is 5.65 Å². The molecule has 0 atom stereocenters. The van der Waals surface area contributed by atoms with Crippen molar-refractivity contribution in [3.8, 4) is 0 Å². The van der Waals surface area contributed by atoms with E-state index in [1.54, 1.807) is 29.1 Å². The number of nitrogens with zero attached hydrogens (tertiary/aromatic N) is 3. The minimum absolute atomic E-state index is 0.309. The van der Waals surface area contributed by atoms with Gasteiger partial charge >= 0.3 is 0 Å². The summed E-state index contributed by atoms with van der Waals surface area (Å²) in [6.45, 7) is 1.89. The topological polar surface area (TPSA) is 68.2 Å². The van der Waals surface area contributed by atoms with Crippen molar-refractivity contribution in [2.24, 2.45) is 0 Å². The van der Waals surface area contributed by atoms with Gasteiger partial charge in [0.2, 0.25) is 0 Å². The molecule has 0 unspecified atom stereocenters. The molecule has 0 fully saturated rings. The van der Waals surface area contributed by atoms with E-state index in [-0.39, 0.29) is 5.82 Å². The fraction of sp³-hybridized carbons (Fsp3) is 0.0769. The zero-order valence-corrected chi connectivity index (χ0v) is 10.3. The van der Waals surface area contributed by atoms with Crippen molar-refractivity contribution in [3.63, 3.8) is 0 Å². The molecule has 0 saturated carbocycles. The summed E-state index contributed by atoms with van der Waals surface area (Å²) in [5, 5.41) is 3.07. The number of imidazole rings is 1. The normalized spacial score (nSPS) is 10.8. The van der Waals surface area contributed by atoms with E-state index in [4.69, 9.17) is 5.73 Å². The van der Waals surface area contributed by atoms with Crippen LogP contribution in [-0.2, 0) is 0 Å². The molecule has 0 saturated heterocycles. The summed E-state index contributed by atoms with van der Waals surface area (Å²) in [5.74, 6) is 0.553. The minimum atomic E-state index is -0.309. The first-order chi connectivity index (χ1) is 9.13.